The highest BCUT2D eigenvalue weighted by molar-refractivity contribution is 7.92. The fraction of sp³-hybridized carbons (Fsp3) is 0.345. The van der Waals surface area contributed by atoms with Crippen LogP contribution in [0.25, 0.3) is 0 Å². The minimum Gasteiger partial charge on any atom is -0.494 e. The largest absolute Gasteiger partial charge is 0.494 e. The lowest BCUT2D eigenvalue weighted by atomic mass is 9.98. The zero-order valence-corrected chi connectivity index (χ0v) is 22.3. The molecule has 2 aromatic carbocycles. The number of pyridine rings is 1. The molecular formula is C29H33ClN2O3S. The summed E-state index contributed by atoms with van der Waals surface area (Å²) in [4.78, 5) is 4.70. The Morgan fingerprint density at radius 2 is 1.92 bits per heavy atom. The second kappa shape index (κ2) is 11.9. The van der Waals surface area contributed by atoms with Crippen molar-refractivity contribution in [1.29, 1.82) is 0 Å². The van der Waals surface area contributed by atoms with E-state index in [-0.39, 0.29) is 4.90 Å². The van der Waals surface area contributed by atoms with Crippen molar-refractivity contribution in [2.75, 3.05) is 17.5 Å². The third-order valence-corrected chi connectivity index (χ3v) is 8.68. The van der Waals surface area contributed by atoms with Gasteiger partial charge in [0.25, 0.3) is 10.0 Å². The quantitative estimate of drug-likeness (QED) is 0.207. The summed E-state index contributed by atoms with van der Waals surface area (Å²) >= 11 is 5.94. The number of aromatic nitrogens is 1. The molecule has 1 aliphatic rings. The Balaban J connectivity index is 1.32. The number of benzene rings is 2. The summed E-state index contributed by atoms with van der Waals surface area (Å²) in [6, 6.07) is 14.1. The molecule has 1 aliphatic heterocycles. The van der Waals surface area contributed by atoms with Crippen LogP contribution in [0.2, 0.25) is 5.02 Å². The number of nitrogens with zero attached hydrogens (tertiary/aromatic N) is 2. The van der Waals surface area contributed by atoms with Crippen LogP contribution in [0.1, 0.15) is 48.1 Å². The number of allylic oxidation sites excluding steroid dienone is 1. The monoisotopic (exact) mass is 524 g/mol. The van der Waals surface area contributed by atoms with Gasteiger partial charge in [0, 0.05) is 23.5 Å². The average Bonchev–Trinajstić information content (AvgIpc) is 2.87. The number of fused-ring (bicyclic) bond motifs is 1. The summed E-state index contributed by atoms with van der Waals surface area (Å²) in [7, 11) is -3.64. The first kappa shape index (κ1) is 26.2. The van der Waals surface area contributed by atoms with Crippen molar-refractivity contribution in [2.45, 2.75) is 56.8 Å². The number of hydrogen-bond acceptors (Lipinski definition) is 4. The Labute approximate surface area is 219 Å². The Morgan fingerprint density at radius 1 is 1.11 bits per heavy atom. The molecule has 3 aromatic rings. The van der Waals surface area contributed by atoms with Crippen LogP contribution in [-0.2, 0) is 29.3 Å². The van der Waals surface area contributed by atoms with E-state index < -0.39 is 10.0 Å². The van der Waals surface area contributed by atoms with E-state index in [2.05, 4.69) is 24.6 Å². The third kappa shape index (κ3) is 6.11. The van der Waals surface area contributed by atoms with Gasteiger partial charge in [-0.25, -0.2) is 8.42 Å². The summed E-state index contributed by atoms with van der Waals surface area (Å²) in [5.41, 5.74) is 5.48. The van der Waals surface area contributed by atoms with Crippen molar-refractivity contribution in [3.8, 4) is 5.75 Å². The van der Waals surface area contributed by atoms with Gasteiger partial charge in [-0.1, -0.05) is 17.7 Å². The molecule has 36 heavy (non-hydrogen) atoms. The van der Waals surface area contributed by atoms with Crippen LogP contribution in [-0.4, -0.2) is 26.6 Å². The highest BCUT2D eigenvalue weighted by Gasteiger charge is 2.29. The van der Waals surface area contributed by atoms with E-state index in [0.717, 1.165) is 67.6 Å². The molecule has 190 valence electrons. The summed E-state index contributed by atoms with van der Waals surface area (Å²) in [5.74, 6) is 0.788. The van der Waals surface area contributed by atoms with Crippen molar-refractivity contribution >= 4 is 27.3 Å². The Hall–Kier alpha value is -2.83. The number of hydrogen-bond donors (Lipinski definition) is 0. The molecule has 0 N–H and O–H groups in total. The Morgan fingerprint density at radius 3 is 2.69 bits per heavy atom. The van der Waals surface area contributed by atoms with Crippen molar-refractivity contribution < 1.29 is 13.2 Å². The first-order valence-electron chi connectivity index (χ1n) is 12.5. The zero-order valence-electron chi connectivity index (χ0n) is 20.7. The summed E-state index contributed by atoms with van der Waals surface area (Å²) in [6.45, 7) is 7.03. The van der Waals surface area contributed by atoms with Crippen LogP contribution in [0.5, 0.6) is 5.75 Å². The molecule has 0 fully saturated rings. The van der Waals surface area contributed by atoms with Gasteiger partial charge in [-0.05, 0) is 117 Å². The fourth-order valence-electron chi connectivity index (χ4n) is 4.72. The maximum atomic E-state index is 13.2. The number of halogens is 1. The number of aryl methyl sites for hydroxylation is 2. The second-order valence-electron chi connectivity index (χ2n) is 9.11. The predicted molar refractivity (Wildman–Crippen MR) is 147 cm³/mol. The Bertz CT molecular complexity index is 1310. The normalized spacial score (nSPS) is 13.3. The average molecular weight is 525 g/mol. The smallest absolute Gasteiger partial charge is 0.264 e. The molecule has 7 heteroatoms. The first-order chi connectivity index (χ1) is 17.4. The standard InChI is InChI=1S/C29H33ClN2O3S/c1-3-8-23-17-18-31-22(2)28(23)10-5-4-6-20-35-26-13-16-29-24(21-26)9-7-19-32(29)36(33,34)27-14-11-25(30)12-15-27/h3,11-18,21H,1,4-10,19-20H2,2H3. The molecule has 0 amide bonds. The number of unbranched alkanes of at least 4 members (excludes halogenated alkanes) is 2. The summed E-state index contributed by atoms with van der Waals surface area (Å²) in [6.07, 6.45) is 10.4. The molecule has 0 saturated heterocycles. The third-order valence-electron chi connectivity index (χ3n) is 6.60. The molecule has 0 atom stereocenters. The minimum atomic E-state index is -3.64. The number of ether oxygens (including phenoxy) is 1. The molecule has 0 bridgehead atoms. The van der Waals surface area contributed by atoms with Crippen molar-refractivity contribution in [2.24, 2.45) is 0 Å². The van der Waals surface area contributed by atoms with Crippen LogP contribution >= 0.6 is 11.6 Å². The number of sulfonamides is 1. The van der Waals surface area contributed by atoms with Gasteiger partial charge in [0.15, 0.2) is 0 Å². The molecule has 0 aliphatic carbocycles. The highest BCUT2D eigenvalue weighted by atomic mass is 35.5. The molecule has 2 heterocycles. The molecule has 4 rings (SSSR count). The van der Waals surface area contributed by atoms with Gasteiger partial charge in [-0.2, -0.15) is 0 Å². The van der Waals surface area contributed by atoms with Gasteiger partial charge in [0.05, 0.1) is 17.2 Å². The first-order valence-corrected chi connectivity index (χ1v) is 14.3. The maximum Gasteiger partial charge on any atom is 0.264 e. The SMILES string of the molecule is C=CCc1ccnc(C)c1CCCCCOc1ccc2c(c1)CCCN2S(=O)(=O)c1ccc(Cl)cc1. The lowest BCUT2D eigenvalue weighted by Crippen LogP contribution is -2.35. The molecule has 0 unspecified atom stereocenters. The van der Waals surface area contributed by atoms with Crippen molar-refractivity contribution in [1.82, 2.24) is 4.98 Å². The molecule has 0 saturated carbocycles. The van der Waals surface area contributed by atoms with E-state index >= 15 is 0 Å². The lowest BCUT2D eigenvalue weighted by molar-refractivity contribution is 0.305. The molecule has 0 spiro atoms. The molecule has 1 aromatic heterocycles. The van der Waals surface area contributed by atoms with Gasteiger partial charge >= 0.3 is 0 Å². The molecular weight excluding hydrogens is 492 g/mol. The van der Waals surface area contributed by atoms with E-state index in [0.29, 0.717) is 18.2 Å². The Kier molecular flexibility index (Phi) is 8.70. The van der Waals surface area contributed by atoms with E-state index in [1.165, 1.54) is 15.4 Å². The van der Waals surface area contributed by atoms with Crippen LogP contribution < -0.4 is 9.04 Å². The van der Waals surface area contributed by atoms with Crippen LogP contribution in [0.3, 0.4) is 0 Å². The summed E-state index contributed by atoms with van der Waals surface area (Å²) in [5, 5.41) is 0.513. The van der Waals surface area contributed by atoms with Crippen LogP contribution in [0.15, 0.2) is 72.3 Å². The number of rotatable bonds is 11. The zero-order chi connectivity index (χ0) is 25.5. The molecule has 5 nitrogen and oxygen atoms in total. The summed E-state index contributed by atoms with van der Waals surface area (Å²) < 4.78 is 34.0. The maximum absolute atomic E-state index is 13.2. The van der Waals surface area contributed by atoms with Gasteiger partial charge < -0.3 is 4.74 Å². The van der Waals surface area contributed by atoms with Gasteiger partial charge in [-0.3, -0.25) is 9.29 Å². The second-order valence-corrected chi connectivity index (χ2v) is 11.4. The van der Waals surface area contributed by atoms with Crippen molar-refractivity contribution in [3.05, 3.63) is 94.8 Å². The predicted octanol–water partition coefficient (Wildman–Crippen LogP) is 6.71. The van der Waals surface area contributed by atoms with Crippen molar-refractivity contribution in [3.63, 3.8) is 0 Å². The van der Waals surface area contributed by atoms with Gasteiger partial charge in [0.2, 0.25) is 0 Å². The van der Waals surface area contributed by atoms with E-state index in [4.69, 9.17) is 16.3 Å². The fourth-order valence-corrected chi connectivity index (χ4v) is 6.39. The van der Waals surface area contributed by atoms with Gasteiger partial charge in [0.1, 0.15) is 5.75 Å². The highest BCUT2D eigenvalue weighted by Crippen LogP contribution is 2.34. The van der Waals surface area contributed by atoms with E-state index in [9.17, 15) is 8.42 Å². The topological polar surface area (TPSA) is 59.5 Å². The number of anilines is 1. The van der Waals surface area contributed by atoms with E-state index in [1.54, 1.807) is 24.3 Å². The molecule has 0 radical (unpaired) electrons. The lowest BCUT2D eigenvalue weighted by Gasteiger charge is -2.30. The van der Waals surface area contributed by atoms with Crippen LogP contribution in [0.4, 0.5) is 5.69 Å². The van der Waals surface area contributed by atoms with Gasteiger partial charge in [-0.15, -0.1) is 6.58 Å². The van der Waals surface area contributed by atoms with E-state index in [1.807, 2.05) is 30.5 Å². The minimum absolute atomic E-state index is 0.248. The van der Waals surface area contributed by atoms with Crippen LogP contribution in [0, 0.1) is 6.92 Å².